The molecule has 0 aliphatic carbocycles. The molecule has 0 aromatic heterocycles. The number of amides is 10. The van der Waals surface area contributed by atoms with E-state index in [1.54, 1.807) is 22.9 Å². The number of carbonyl (C=O) groups is 13. The zero-order valence-electron chi connectivity index (χ0n) is 54.9. The summed E-state index contributed by atoms with van der Waals surface area (Å²) in [5.74, 6) is -15.5. The lowest BCUT2D eigenvalue weighted by Gasteiger charge is -2.28. The molecule has 0 rings (SSSR count). The van der Waals surface area contributed by atoms with Crippen LogP contribution >= 0.6 is 44.5 Å². The highest BCUT2D eigenvalue weighted by atomic mass is 127. The minimum Gasteiger partial charge on any atom is -0.481 e. The Hall–Kier alpha value is -6.24. The van der Waals surface area contributed by atoms with Gasteiger partial charge in [-0.25, -0.2) is 9.59 Å². The van der Waals surface area contributed by atoms with Gasteiger partial charge in [0.1, 0.15) is 97.8 Å². The van der Waals surface area contributed by atoms with Crippen LogP contribution in [0.15, 0.2) is 0 Å². The Morgan fingerprint density at radius 2 is 0.676 bits per heavy atom. The van der Waals surface area contributed by atoms with E-state index in [4.69, 9.17) is 28.0 Å². The monoisotopic (exact) mass is 1620 g/mol. The molecule has 0 aromatic carbocycles. The molecule has 0 aromatic rings. The molecule has 584 valence electrons. The lowest BCUT2D eigenvalue weighted by molar-refractivity contribution is -0.142. The van der Waals surface area contributed by atoms with Crippen LogP contribution in [0.25, 0.3) is 0 Å². The maximum Gasteiger partial charge on any atom is 0.415 e. The summed E-state index contributed by atoms with van der Waals surface area (Å²) in [6.07, 6.45) is -33.9. The van der Waals surface area contributed by atoms with Crippen LogP contribution in [0.2, 0.25) is 0 Å². The zero-order chi connectivity index (χ0) is 77.8. The molecule has 0 aliphatic heterocycles. The number of hydrogen-bond donors (Lipinski definition) is 29. The van der Waals surface area contributed by atoms with Gasteiger partial charge in [-0.15, -0.1) is 0 Å². The van der Waals surface area contributed by atoms with E-state index < -0.39 is 290 Å². The first-order valence-corrected chi connectivity index (χ1v) is 35.1. The van der Waals surface area contributed by atoms with Crippen molar-refractivity contribution in [3.05, 3.63) is 0 Å². The van der Waals surface area contributed by atoms with Crippen LogP contribution in [0.3, 0.4) is 0 Å². The average molecular weight is 1620 g/mol. The molecule has 0 bridgehead atoms. The summed E-state index contributed by atoms with van der Waals surface area (Å²) in [4.78, 5) is 172. The topological polar surface area (TPSA) is 728 Å². The summed E-state index contributed by atoms with van der Waals surface area (Å²) in [6, 6.07) is -11.8. The van der Waals surface area contributed by atoms with E-state index in [9.17, 15) is 139 Å². The van der Waals surface area contributed by atoms with Gasteiger partial charge in [-0.2, -0.15) is 0 Å². The number of carbonyl (C=O) groups excluding carboxylic acids is 10. The van der Waals surface area contributed by atoms with Gasteiger partial charge in [-0.3, -0.25) is 56.3 Å². The molecule has 29 N–H and O–H groups in total. The van der Waals surface area contributed by atoms with E-state index in [0.717, 1.165) is 10.8 Å². The first-order chi connectivity index (χ1) is 48.0. The number of halogens is 1. The van der Waals surface area contributed by atoms with Crippen molar-refractivity contribution in [2.75, 3.05) is 64.1 Å². The highest BCUT2D eigenvalue weighted by molar-refractivity contribution is 14.1. The molecule has 47 heteroatoms. The van der Waals surface area contributed by atoms with Crippen LogP contribution in [0.1, 0.15) is 89.9 Å². The second-order valence-corrected chi connectivity index (χ2v) is 25.9. The summed E-state index contributed by atoms with van der Waals surface area (Å²) in [5, 5.41) is 200. The number of carboxylic acids is 3. The van der Waals surface area contributed by atoms with Gasteiger partial charge in [0.15, 0.2) is 7.98 Å². The smallest absolute Gasteiger partial charge is 0.415 e. The van der Waals surface area contributed by atoms with E-state index in [2.05, 4.69) is 56.6 Å². The van der Waals surface area contributed by atoms with Crippen molar-refractivity contribution in [3.8, 4) is 0 Å². The Morgan fingerprint density at radius 3 is 0.980 bits per heavy atom. The summed E-state index contributed by atoms with van der Waals surface area (Å²) < 4.78 is 7.10. The summed E-state index contributed by atoms with van der Waals surface area (Å²) in [7, 11) is 7.59. The number of ether oxygens (including phenoxy) is 1. The van der Waals surface area contributed by atoms with Gasteiger partial charge >= 0.3 is 24.0 Å². The second kappa shape index (κ2) is 53.5. The van der Waals surface area contributed by atoms with Gasteiger partial charge in [0.05, 0.1) is 61.0 Å². The van der Waals surface area contributed by atoms with Crippen molar-refractivity contribution in [1.82, 2.24) is 56.6 Å². The molecule has 18 unspecified atom stereocenters. The van der Waals surface area contributed by atoms with Crippen molar-refractivity contribution in [2.24, 2.45) is 0 Å². The van der Waals surface area contributed by atoms with Gasteiger partial charge in [0.2, 0.25) is 53.2 Å². The lowest BCUT2D eigenvalue weighted by atomic mass is 10.0. The van der Waals surface area contributed by atoms with Gasteiger partial charge in [0.25, 0.3) is 0 Å². The standard InChI is InChI=1S/C55H95BIN11O32S2/c56-61-15-2-1-3-30(54(97)98)67-53(96)27(6-11-39(80)60-21-33(74)45(88)48(91)36(77)24-71)64-52(95)29(8-13-42(84)85)66-50(93)26(5-10-38(79)59-20-32(73)44(87)47(90)35(76)23-70)63-51(94)28(7-12-41(82)83)65-49(92)25(62-40(81)14-17-101-102-18-16-100-55(99)68-57)4-9-37(78)58-19-31(72)43(86)46(89)34(75)22-69/h25-36,43-48,61,69-77,86-91H,1-24H2,(H,58,78)(H,59,79)(H,60,80)(H,62,81)(H,63,94)(H,64,95)(H,65,92)(H,66,93)(H,67,96)(H,68,99)(H,82,83)(H,84,85)(H,97,98). The van der Waals surface area contributed by atoms with Crippen molar-refractivity contribution in [3.63, 3.8) is 0 Å². The number of aliphatic hydroxyl groups is 15. The van der Waals surface area contributed by atoms with Gasteiger partial charge in [-0.1, -0.05) is 21.6 Å². The molecule has 0 saturated heterocycles. The number of aliphatic carboxylic acids is 3. The molecule has 0 saturated carbocycles. The molecule has 18 atom stereocenters. The van der Waals surface area contributed by atoms with E-state index >= 15 is 0 Å². The normalized spacial score (nSPS) is 16.7. The van der Waals surface area contributed by atoms with Crippen molar-refractivity contribution >= 4 is 130 Å². The first kappa shape index (κ1) is 95.8. The molecule has 2 radical (unpaired) electrons. The Morgan fingerprint density at radius 1 is 0.373 bits per heavy atom. The minimum atomic E-state index is -2.20. The van der Waals surface area contributed by atoms with E-state index in [1.807, 2.05) is 0 Å². The van der Waals surface area contributed by atoms with Gasteiger partial charge < -0.3 is 150 Å². The average Bonchev–Trinajstić information content (AvgIpc) is 0.862. The SMILES string of the molecule is [B]NCCCCC(NC(=O)C(CCC(=O)NCC(O)C(O)C(O)C(O)CO)NC(=O)C(CCC(=O)O)NC(=O)C(CCC(=O)NCC(O)C(O)C(O)C(O)CO)NC(=O)C(CCC(=O)O)NC(=O)C(CCC(=O)NCC(O)C(O)C(O)C(O)CO)NC(=O)CCSSCCOC(=O)NI)C(=O)O. The third kappa shape index (κ3) is 40.1. The molecule has 0 spiro atoms. The number of nitrogens with one attached hydrogen (secondary N) is 11. The van der Waals surface area contributed by atoms with E-state index in [-0.39, 0.29) is 43.9 Å². The number of rotatable bonds is 57. The predicted molar refractivity (Wildman–Crippen MR) is 359 cm³/mol. The summed E-state index contributed by atoms with van der Waals surface area (Å²) in [6.45, 7) is -5.52. The second-order valence-electron chi connectivity index (χ2n) is 22.6. The third-order valence-electron chi connectivity index (χ3n) is 14.6. The van der Waals surface area contributed by atoms with E-state index in [1.165, 1.54) is 10.8 Å². The molecule has 102 heavy (non-hydrogen) atoms. The molecule has 0 heterocycles. The third-order valence-corrected chi connectivity index (χ3v) is 17.4. The Labute approximate surface area is 605 Å². The fourth-order valence-corrected chi connectivity index (χ4v) is 10.6. The molecule has 43 nitrogen and oxygen atoms in total. The Bertz CT molecular complexity index is 2630. The Kier molecular flexibility index (Phi) is 50.3. The highest BCUT2D eigenvalue weighted by Crippen LogP contribution is 2.22. The minimum absolute atomic E-state index is 0.0287. The fourth-order valence-electron chi connectivity index (χ4n) is 8.59. The van der Waals surface area contributed by atoms with Crippen molar-refractivity contribution in [1.29, 1.82) is 0 Å². The van der Waals surface area contributed by atoms with Crippen LogP contribution in [0, 0.1) is 0 Å². The number of hydrogen-bond acceptors (Lipinski definition) is 32. The highest BCUT2D eigenvalue weighted by Gasteiger charge is 2.37. The molecular formula is C55H95BIN11O32S2. The number of unbranched alkanes of at least 4 members (excludes halogenated alkanes) is 1. The summed E-state index contributed by atoms with van der Waals surface area (Å²) in [5.41, 5.74) is 0. The quantitative estimate of drug-likeness (QED) is 0.00884. The van der Waals surface area contributed by atoms with Crippen LogP contribution in [0.4, 0.5) is 4.79 Å². The van der Waals surface area contributed by atoms with Crippen LogP contribution in [-0.2, 0) is 62.3 Å². The van der Waals surface area contributed by atoms with Gasteiger partial charge in [0, 0.05) is 69.7 Å². The van der Waals surface area contributed by atoms with Crippen molar-refractivity contribution in [2.45, 2.75) is 199 Å². The predicted octanol–water partition coefficient (Wildman–Crippen LogP) is -12.6. The fraction of sp³-hybridized carbons (Fsp3) is 0.764. The molecule has 10 amide bonds. The molecule has 0 fully saturated rings. The van der Waals surface area contributed by atoms with Crippen LogP contribution in [-0.4, -0.2) is 351 Å². The number of aliphatic hydroxyl groups excluding tert-OH is 15. The molecular weight excluding hydrogens is 1530 g/mol. The maximum atomic E-state index is 14.6. The first-order valence-electron chi connectivity index (χ1n) is 31.5. The lowest BCUT2D eigenvalue weighted by Crippen LogP contribution is -2.59. The maximum absolute atomic E-state index is 14.6. The van der Waals surface area contributed by atoms with E-state index in [0.29, 0.717) is 6.42 Å². The number of carboxylic acid groups (broad SMARTS) is 3. The largest absolute Gasteiger partial charge is 0.481 e. The van der Waals surface area contributed by atoms with Crippen LogP contribution in [0.5, 0.6) is 0 Å². The van der Waals surface area contributed by atoms with Gasteiger partial charge in [-0.05, 0) is 57.9 Å². The van der Waals surface area contributed by atoms with Crippen LogP contribution < -0.4 is 56.6 Å². The Balaban J connectivity index is 7.60. The van der Waals surface area contributed by atoms with Crippen molar-refractivity contribution < 1.29 is 159 Å². The summed E-state index contributed by atoms with van der Waals surface area (Å²) >= 11 is 1.55. The zero-order valence-corrected chi connectivity index (χ0v) is 58.7. The molecule has 0 aliphatic rings.